The minimum absolute atomic E-state index is 0.0169. The molecule has 0 aliphatic rings. The van der Waals surface area contributed by atoms with E-state index in [1.54, 1.807) is 0 Å². The highest BCUT2D eigenvalue weighted by molar-refractivity contribution is 8.03. The van der Waals surface area contributed by atoms with Crippen LogP contribution in [0.3, 0.4) is 0 Å². The first-order valence-corrected chi connectivity index (χ1v) is 4.60. The van der Waals surface area contributed by atoms with Gasteiger partial charge in [-0.25, -0.2) is 0 Å². The van der Waals surface area contributed by atoms with E-state index in [0.29, 0.717) is 5.75 Å². The standard InChI is InChI=1S/C4H10O3S2/c5-2-8-1-4(7)9-3-6/h4-7H,1-3H2. The third kappa shape index (κ3) is 6.47. The van der Waals surface area contributed by atoms with Crippen LogP contribution in [0.1, 0.15) is 0 Å². The van der Waals surface area contributed by atoms with Crippen LogP contribution < -0.4 is 0 Å². The molecule has 5 heteroatoms. The Labute approximate surface area is 62.5 Å². The summed E-state index contributed by atoms with van der Waals surface area (Å²) in [7, 11) is 0. The van der Waals surface area contributed by atoms with E-state index < -0.39 is 5.44 Å². The molecule has 0 aliphatic carbocycles. The summed E-state index contributed by atoms with van der Waals surface area (Å²) < 4.78 is 0. The van der Waals surface area contributed by atoms with Gasteiger partial charge in [-0.2, -0.15) is 0 Å². The first-order chi connectivity index (χ1) is 4.31. The zero-order valence-electron chi connectivity index (χ0n) is 4.86. The van der Waals surface area contributed by atoms with Gasteiger partial charge in [0, 0.05) is 5.75 Å². The molecule has 0 amide bonds. The largest absolute Gasteiger partial charge is 0.386 e. The van der Waals surface area contributed by atoms with E-state index in [2.05, 4.69) is 0 Å². The number of rotatable bonds is 5. The molecule has 1 atom stereocenters. The smallest absolute Gasteiger partial charge is 0.111 e. The molecule has 0 aromatic carbocycles. The topological polar surface area (TPSA) is 60.7 Å². The van der Waals surface area contributed by atoms with Crippen LogP contribution in [0.4, 0.5) is 0 Å². The Hall–Kier alpha value is 0.580. The second-order valence-electron chi connectivity index (χ2n) is 1.25. The van der Waals surface area contributed by atoms with Gasteiger partial charge in [-0.1, -0.05) is 0 Å². The average Bonchev–Trinajstić information content (AvgIpc) is 1.85. The fraction of sp³-hybridized carbons (Fsp3) is 1.00. The van der Waals surface area contributed by atoms with E-state index in [0.717, 1.165) is 11.8 Å². The second-order valence-corrected chi connectivity index (χ2v) is 3.39. The van der Waals surface area contributed by atoms with Gasteiger partial charge in [0.1, 0.15) is 5.44 Å². The number of hydrogen-bond donors (Lipinski definition) is 3. The van der Waals surface area contributed by atoms with E-state index in [1.165, 1.54) is 11.8 Å². The molecule has 9 heavy (non-hydrogen) atoms. The molecule has 0 saturated heterocycles. The zero-order chi connectivity index (χ0) is 7.11. The van der Waals surface area contributed by atoms with Crippen LogP contribution in [0, 0.1) is 0 Å². The van der Waals surface area contributed by atoms with Gasteiger partial charge in [0.05, 0.1) is 11.9 Å². The Morgan fingerprint density at radius 3 is 2.33 bits per heavy atom. The second kappa shape index (κ2) is 6.70. The van der Waals surface area contributed by atoms with E-state index >= 15 is 0 Å². The molecule has 3 N–H and O–H groups in total. The third-order valence-corrected chi connectivity index (χ3v) is 2.26. The molecule has 3 nitrogen and oxygen atoms in total. The van der Waals surface area contributed by atoms with Gasteiger partial charge in [-0.3, -0.25) is 0 Å². The molecule has 0 bridgehead atoms. The van der Waals surface area contributed by atoms with Gasteiger partial charge in [0.25, 0.3) is 0 Å². The van der Waals surface area contributed by atoms with Gasteiger partial charge >= 0.3 is 0 Å². The predicted molar refractivity (Wildman–Crippen MR) is 40.2 cm³/mol. The Morgan fingerprint density at radius 1 is 1.22 bits per heavy atom. The molecule has 0 heterocycles. The van der Waals surface area contributed by atoms with E-state index in [9.17, 15) is 0 Å². The van der Waals surface area contributed by atoms with Gasteiger partial charge in [0.2, 0.25) is 0 Å². The van der Waals surface area contributed by atoms with Crippen LogP contribution in [0.2, 0.25) is 0 Å². The molecule has 0 rings (SSSR count). The summed E-state index contributed by atoms with van der Waals surface area (Å²) in [6.45, 7) is 0. The molecule has 0 radical (unpaired) electrons. The lowest BCUT2D eigenvalue weighted by Gasteiger charge is -2.04. The van der Waals surface area contributed by atoms with Crippen molar-refractivity contribution in [2.24, 2.45) is 0 Å². The maximum absolute atomic E-state index is 8.85. The number of aliphatic hydroxyl groups is 3. The lowest BCUT2D eigenvalue weighted by atomic mass is 10.9. The summed E-state index contributed by atoms with van der Waals surface area (Å²) in [5.74, 6) is 0.401. The van der Waals surface area contributed by atoms with Crippen molar-refractivity contribution in [1.82, 2.24) is 0 Å². The monoisotopic (exact) mass is 170 g/mol. The average molecular weight is 170 g/mol. The number of hydrogen-bond acceptors (Lipinski definition) is 5. The molecule has 1 unspecified atom stereocenters. The van der Waals surface area contributed by atoms with Crippen LogP contribution in [0.5, 0.6) is 0 Å². The van der Waals surface area contributed by atoms with Crippen LogP contribution in [-0.4, -0.2) is 38.4 Å². The van der Waals surface area contributed by atoms with Crippen LogP contribution >= 0.6 is 23.5 Å². The van der Waals surface area contributed by atoms with Crippen molar-refractivity contribution in [1.29, 1.82) is 0 Å². The Balaban J connectivity index is 2.95. The highest BCUT2D eigenvalue weighted by Gasteiger charge is 2.01. The summed E-state index contributed by atoms with van der Waals surface area (Å²) in [6, 6.07) is 0. The van der Waals surface area contributed by atoms with Crippen LogP contribution in [-0.2, 0) is 0 Å². The minimum Gasteiger partial charge on any atom is -0.386 e. The maximum Gasteiger partial charge on any atom is 0.111 e. The third-order valence-electron chi connectivity index (χ3n) is 0.619. The predicted octanol–water partition coefficient (Wildman–Crippen LogP) is -0.329. The van der Waals surface area contributed by atoms with E-state index in [-0.39, 0.29) is 11.9 Å². The quantitative estimate of drug-likeness (QED) is 0.493. The van der Waals surface area contributed by atoms with Gasteiger partial charge < -0.3 is 15.3 Å². The molecular weight excluding hydrogens is 160 g/mol. The number of thioether (sulfide) groups is 2. The van der Waals surface area contributed by atoms with Crippen molar-refractivity contribution < 1.29 is 15.3 Å². The van der Waals surface area contributed by atoms with Crippen molar-refractivity contribution in [2.45, 2.75) is 5.44 Å². The van der Waals surface area contributed by atoms with E-state index in [4.69, 9.17) is 15.3 Å². The highest BCUT2D eigenvalue weighted by atomic mass is 32.2. The lowest BCUT2D eigenvalue weighted by molar-refractivity contribution is 0.281. The van der Waals surface area contributed by atoms with Gasteiger partial charge in [-0.15, -0.1) is 23.5 Å². The molecular formula is C4H10O3S2. The first kappa shape index (κ1) is 9.58. The van der Waals surface area contributed by atoms with Crippen molar-refractivity contribution >= 4 is 23.5 Å². The molecule has 0 aromatic rings. The SMILES string of the molecule is OCSCC(O)SCO. The molecule has 0 spiro atoms. The molecule has 56 valence electrons. The molecule has 0 fully saturated rings. The summed E-state index contributed by atoms with van der Waals surface area (Å²) in [5.41, 5.74) is -0.563. The lowest BCUT2D eigenvalue weighted by Crippen LogP contribution is -2.05. The van der Waals surface area contributed by atoms with Gasteiger partial charge in [0.15, 0.2) is 0 Å². The van der Waals surface area contributed by atoms with Gasteiger partial charge in [-0.05, 0) is 0 Å². The summed E-state index contributed by atoms with van der Waals surface area (Å²) >= 11 is 2.28. The summed E-state index contributed by atoms with van der Waals surface area (Å²) in [5, 5.41) is 25.4. The normalized spacial score (nSPS) is 13.7. The van der Waals surface area contributed by atoms with Crippen molar-refractivity contribution in [3.8, 4) is 0 Å². The summed E-state index contributed by atoms with van der Waals surface area (Å²) in [6.07, 6.45) is 0. The fourth-order valence-electron chi connectivity index (χ4n) is 0.288. The summed E-state index contributed by atoms with van der Waals surface area (Å²) in [4.78, 5) is 0. The Bertz CT molecular complexity index is 61.8. The van der Waals surface area contributed by atoms with Crippen molar-refractivity contribution in [3.63, 3.8) is 0 Å². The Morgan fingerprint density at radius 2 is 1.89 bits per heavy atom. The minimum atomic E-state index is -0.563. The molecule has 0 saturated carbocycles. The molecule has 0 aliphatic heterocycles. The Kier molecular flexibility index (Phi) is 7.13. The first-order valence-electron chi connectivity index (χ1n) is 2.40. The highest BCUT2D eigenvalue weighted by Crippen LogP contribution is 2.11. The van der Waals surface area contributed by atoms with Crippen molar-refractivity contribution in [3.05, 3.63) is 0 Å². The number of aliphatic hydroxyl groups excluding tert-OH is 3. The van der Waals surface area contributed by atoms with E-state index in [1.807, 2.05) is 0 Å². The maximum atomic E-state index is 8.85. The van der Waals surface area contributed by atoms with Crippen LogP contribution in [0.15, 0.2) is 0 Å². The van der Waals surface area contributed by atoms with Crippen molar-refractivity contribution in [2.75, 3.05) is 17.6 Å². The zero-order valence-corrected chi connectivity index (χ0v) is 6.49. The molecule has 0 aromatic heterocycles. The van der Waals surface area contributed by atoms with Crippen LogP contribution in [0.25, 0.3) is 0 Å². The fourth-order valence-corrected chi connectivity index (χ4v) is 1.44.